The minimum absolute atomic E-state index is 0.391. The number of rotatable bonds is 6. The lowest BCUT2D eigenvalue weighted by molar-refractivity contribution is 0.152. The van der Waals surface area contributed by atoms with Gasteiger partial charge in [0.1, 0.15) is 11.5 Å². The number of ether oxygens (including phenoxy) is 1. The van der Waals surface area contributed by atoms with Crippen LogP contribution < -0.4 is 10.1 Å². The monoisotopic (exact) mass is 384 g/mol. The fourth-order valence-electron chi connectivity index (χ4n) is 4.74. The summed E-state index contributed by atoms with van der Waals surface area (Å²) < 4.78 is 6.36. The smallest absolute Gasteiger partial charge is 0.132 e. The first-order valence-corrected chi connectivity index (χ1v) is 10.7. The normalized spacial score (nSPS) is 22.8. The summed E-state index contributed by atoms with van der Waals surface area (Å²) in [5, 5.41) is 3.50. The topological polar surface area (TPSA) is 24.5 Å². The summed E-state index contributed by atoms with van der Waals surface area (Å²) in [7, 11) is 0. The molecule has 1 saturated carbocycles. The van der Waals surface area contributed by atoms with Gasteiger partial charge in [0.25, 0.3) is 0 Å². The molecular weight excluding hydrogens is 356 g/mol. The van der Waals surface area contributed by atoms with Gasteiger partial charge in [-0.3, -0.25) is 4.90 Å². The molecule has 2 fully saturated rings. The highest BCUT2D eigenvalue weighted by Crippen LogP contribution is 2.57. The van der Waals surface area contributed by atoms with Crippen LogP contribution >= 0.6 is 0 Å². The molecule has 3 atom stereocenters. The van der Waals surface area contributed by atoms with Crippen LogP contribution in [0.5, 0.6) is 11.5 Å². The Balaban J connectivity index is 1.47. The van der Waals surface area contributed by atoms with Crippen molar-refractivity contribution in [3.63, 3.8) is 0 Å². The first-order valence-electron chi connectivity index (χ1n) is 10.7. The second kappa shape index (κ2) is 8.40. The molecule has 0 amide bonds. The van der Waals surface area contributed by atoms with Crippen molar-refractivity contribution in [2.45, 2.75) is 18.4 Å². The molecule has 0 spiro atoms. The molecule has 5 rings (SSSR count). The van der Waals surface area contributed by atoms with Gasteiger partial charge < -0.3 is 10.1 Å². The van der Waals surface area contributed by atoms with E-state index in [0.29, 0.717) is 17.9 Å². The van der Waals surface area contributed by atoms with Crippen LogP contribution in [0.1, 0.15) is 29.5 Å². The molecule has 0 aromatic heterocycles. The van der Waals surface area contributed by atoms with Crippen LogP contribution in [0.25, 0.3) is 0 Å². The van der Waals surface area contributed by atoms with Crippen LogP contribution in [0, 0.1) is 5.92 Å². The highest BCUT2D eigenvalue weighted by molar-refractivity contribution is 5.42. The molecule has 1 saturated heterocycles. The number of para-hydroxylation sites is 2. The Morgan fingerprint density at radius 1 is 0.793 bits per heavy atom. The van der Waals surface area contributed by atoms with E-state index in [0.717, 1.165) is 37.7 Å². The number of piperazine rings is 1. The van der Waals surface area contributed by atoms with E-state index in [4.69, 9.17) is 4.74 Å². The molecule has 2 aliphatic rings. The number of nitrogens with one attached hydrogen (secondary N) is 1. The molecule has 3 aromatic rings. The Morgan fingerprint density at radius 3 is 2.21 bits per heavy atom. The molecule has 3 aromatic carbocycles. The van der Waals surface area contributed by atoms with Crippen molar-refractivity contribution in [2.75, 3.05) is 26.2 Å². The maximum absolute atomic E-state index is 6.36. The van der Waals surface area contributed by atoms with Gasteiger partial charge in [-0.2, -0.15) is 0 Å². The first kappa shape index (κ1) is 18.4. The third-order valence-electron chi connectivity index (χ3n) is 6.23. The summed E-state index contributed by atoms with van der Waals surface area (Å²) in [6.45, 7) is 4.28. The second-order valence-electron chi connectivity index (χ2n) is 8.10. The number of nitrogens with zero attached hydrogens (tertiary/aromatic N) is 1. The Morgan fingerprint density at radius 2 is 1.45 bits per heavy atom. The summed E-state index contributed by atoms with van der Waals surface area (Å²) in [6.07, 6.45) is 1.25. The van der Waals surface area contributed by atoms with Crippen LogP contribution in [-0.4, -0.2) is 31.1 Å². The van der Waals surface area contributed by atoms with Crippen molar-refractivity contribution in [3.8, 4) is 11.5 Å². The molecule has 0 radical (unpaired) electrons. The summed E-state index contributed by atoms with van der Waals surface area (Å²) in [5.41, 5.74) is 2.79. The van der Waals surface area contributed by atoms with Gasteiger partial charge in [-0.1, -0.05) is 66.7 Å². The van der Waals surface area contributed by atoms with Crippen molar-refractivity contribution in [1.29, 1.82) is 0 Å². The lowest BCUT2D eigenvalue weighted by Crippen LogP contribution is -2.45. The van der Waals surface area contributed by atoms with E-state index in [-0.39, 0.29) is 0 Å². The average molecular weight is 385 g/mol. The summed E-state index contributed by atoms with van der Waals surface area (Å²) in [5.74, 6) is 3.16. The van der Waals surface area contributed by atoms with E-state index in [2.05, 4.69) is 64.8 Å². The molecule has 29 heavy (non-hydrogen) atoms. The fraction of sp³-hybridized carbons (Fsp3) is 0.308. The van der Waals surface area contributed by atoms with Gasteiger partial charge >= 0.3 is 0 Å². The summed E-state index contributed by atoms with van der Waals surface area (Å²) in [4.78, 5) is 2.66. The third kappa shape index (κ3) is 4.07. The predicted octanol–water partition coefficient (Wildman–Crippen LogP) is 5.23. The Labute approximate surface area is 173 Å². The van der Waals surface area contributed by atoms with E-state index in [1.54, 1.807) is 0 Å². The third-order valence-corrected chi connectivity index (χ3v) is 6.23. The number of hydrogen-bond acceptors (Lipinski definition) is 3. The van der Waals surface area contributed by atoms with Gasteiger partial charge in [-0.15, -0.1) is 0 Å². The van der Waals surface area contributed by atoms with E-state index in [1.807, 2.05) is 30.3 Å². The van der Waals surface area contributed by atoms with Crippen LogP contribution in [-0.2, 0) is 0 Å². The summed E-state index contributed by atoms with van der Waals surface area (Å²) in [6, 6.07) is 30.2. The Hall–Kier alpha value is -2.62. The number of benzene rings is 3. The van der Waals surface area contributed by atoms with E-state index in [9.17, 15) is 0 Å². The standard InChI is InChI=1S/C26H28N2O/c1-3-9-20(10-4-1)23-19-24(23)26(28-17-15-27-16-18-28)22-13-7-8-14-25(22)29-21-11-5-2-6-12-21/h1-14,23-24,26-27H,15-19H2. The molecule has 3 nitrogen and oxygen atoms in total. The van der Waals surface area contributed by atoms with Crippen LogP contribution in [0.3, 0.4) is 0 Å². The number of hydrogen-bond donors (Lipinski definition) is 1. The van der Waals surface area contributed by atoms with Crippen LogP contribution in [0.2, 0.25) is 0 Å². The van der Waals surface area contributed by atoms with Gasteiger partial charge in [-0.25, -0.2) is 0 Å². The highest BCUT2D eigenvalue weighted by atomic mass is 16.5. The zero-order valence-electron chi connectivity index (χ0n) is 16.7. The zero-order valence-corrected chi connectivity index (χ0v) is 16.7. The molecule has 1 aliphatic carbocycles. The van der Waals surface area contributed by atoms with Gasteiger partial charge in [0.15, 0.2) is 0 Å². The predicted molar refractivity (Wildman–Crippen MR) is 117 cm³/mol. The van der Waals surface area contributed by atoms with E-state index >= 15 is 0 Å². The van der Waals surface area contributed by atoms with Gasteiger partial charge in [0.2, 0.25) is 0 Å². The minimum atomic E-state index is 0.391. The van der Waals surface area contributed by atoms with Crippen molar-refractivity contribution in [2.24, 2.45) is 5.92 Å². The van der Waals surface area contributed by atoms with E-state index in [1.165, 1.54) is 17.5 Å². The van der Waals surface area contributed by atoms with Gasteiger partial charge in [0, 0.05) is 37.8 Å². The lowest BCUT2D eigenvalue weighted by atomic mass is 9.95. The molecule has 3 heteroatoms. The van der Waals surface area contributed by atoms with Crippen molar-refractivity contribution < 1.29 is 4.74 Å². The molecular formula is C26H28N2O. The largest absolute Gasteiger partial charge is 0.457 e. The lowest BCUT2D eigenvalue weighted by Gasteiger charge is -2.36. The summed E-state index contributed by atoms with van der Waals surface area (Å²) >= 11 is 0. The van der Waals surface area contributed by atoms with Crippen LogP contribution in [0.15, 0.2) is 84.9 Å². The molecule has 0 bridgehead atoms. The fourth-order valence-corrected chi connectivity index (χ4v) is 4.74. The van der Waals surface area contributed by atoms with Crippen molar-refractivity contribution in [3.05, 3.63) is 96.1 Å². The second-order valence-corrected chi connectivity index (χ2v) is 8.10. The van der Waals surface area contributed by atoms with E-state index < -0.39 is 0 Å². The first-order chi connectivity index (χ1) is 14.4. The molecule has 1 heterocycles. The highest BCUT2D eigenvalue weighted by Gasteiger charge is 2.47. The van der Waals surface area contributed by atoms with Gasteiger partial charge in [0.05, 0.1) is 0 Å². The van der Waals surface area contributed by atoms with Gasteiger partial charge in [-0.05, 0) is 42.0 Å². The molecule has 3 unspecified atom stereocenters. The average Bonchev–Trinajstić information content (AvgIpc) is 3.58. The maximum atomic E-state index is 6.36. The molecule has 1 N–H and O–H groups in total. The molecule has 148 valence electrons. The van der Waals surface area contributed by atoms with Crippen molar-refractivity contribution >= 4 is 0 Å². The quantitative estimate of drug-likeness (QED) is 0.630. The Kier molecular flexibility index (Phi) is 5.33. The zero-order chi connectivity index (χ0) is 19.5. The maximum Gasteiger partial charge on any atom is 0.132 e. The van der Waals surface area contributed by atoms with Crippen LogP contribution in [0.4, 0.5) is 0 Å². The molecule has 1 aliphatic heterocycles. The van der Waals surface area contributed by atoms with Crippen molar-refractivity contribution in [1.82, 2.24) is 10.2 Å². The Bertz CT molecular complexity index is 922. The SMILES string of the molecule is c1ccc(Oc2ccccc2C(C2CC2c2ccccc2)N2CCNCC2)cc1. The minimum Gasteiger partial charge on any atom is -0.457 e.